The van der Waals surface area contributed by atoms with Crippen molar-refractivity contribution in [2.24, 2.45) is 29.6 Å². The van der Waals surface area contributed by atoms with Crippen LogP contribution < -0.4 is 0 Å². The van der Waals surface area contributed by atoms with Crippen molar-refractivity contribution >= 4 is 0 Å². The van der Waals surface area contributed by atoms with Gasteiger partial charge in [0.25, 0.3) is 0 Å². The molecule has 0 radical (unpaired) electrons. The van der Waals surface area contributed by atoms with Crippen LogP contribution in [0.4, 0.5) is 8.78 Å². The van der Waals surface area contributed by atoms with Gasteiger partial charge in [-0.2, -0.15) is 0 Å². The molecule has 176 valence electrons. The Balaban J connectivity index is 1.37. The number of hydrogen-bond acceptors (Lipinski definition) is 2. The second kappa shape index (κ2) is 12.1. The van der Waals surface area contributed by atoms with Gasteiger partial charge in [-0.25, -0.2) is 8.78 Å². The average molecular weight is 429 g/mol. The van der Waals surface area contributed by atoms with E-state index in [-0.39, 0.29) is 5.92 Å². The quantitative estimate of drug-likeness (QED) is 0.384. The summed E-state index contributed by atoms with van der Waals surface area (Å²) in [6, 6.07) is 0. The lowest BCUT2D eigenvalue weighted by atomic mass is 9.69. The molecular formula is C26H46F2O2. The van der Waals surface area contributed by atoms with Crippen LogP contribution in [0.3, 0.4) is 0 Å². The lowest BCUT2D eigenvalue weighted by Crippen LogP contribution is -2.51. The molecule has 0 N–H and O–H groups in total. The van der Waals surface area contributed by atoms with Gasteiger partial charge in [0.1, 0.15) is 0 Å². The molecule has 0 bridgehead atoms. The molecule has 5 unspecified atom stereocenters. The van der Waals surface area contributed by atoms with Gasteiger partial charge >= 0.3 is 0 Å². The van der Waals surface area contributed by atoms with E-state index in [4.69, 9.17) is 9.47 Å². The fourth-order valence-electron chi connectivity index (χ4n) is 6.45. The molecule has 3 aliphatic carbocycles. The molecule has 0 amide bonds. The van der Waals surface area contributed by atoms with E-state index < -0.39 is 24.6 Å². The zero-order valence-electron chi connectivity index (χ0n) is 19.7. The summed E-state index contributed by atoms with van der Waals surface area (Å²) < 4.78 is 40.8. The molecule has 4 heteroatoms. The Morgan fingerprint density at radius 1 is 0.733 bits per heavy atom. The van der Waals surface area contributed by atoms with Gasteiger partial charge in [-0.05, 0) is 81.0 Å². The highest BCUT2D eigenvalue weighted by atomic mass is 19.2. The van der Waals surface area contributed by atoms with Crippen LogP contribution >= 0.6 is 0 Å². The maximum atomic E-state index is 14.7. The van der Waals surface area contributed by atoms with Gasteiger partial charge in [-0.3, -0.25) is 0 Å². The third-order valence-electron chi connectivity index (χ3n) is 8.35. The Bertz CT molecular complexity index is 472. The summed E-state index contributed by atoms with van der Waals surface area (Å²) >= 11 is 0. The molecule has 0 aromatic heterocycles. The molecule has 3 rings (SSSR count). The lowest BCUT2D eigenvalue weighted by Gasteiger charge is -2.40. The minimum absolute atomic E-state index is 0.00324. The summed E-state index contributed by atoms with van der Waals surface area (Å²) in [5.74, 6) is 3.32. The highest BCUT2D eigenvalue weighted by Crippen LogP contribution is 2.42. The number of rotatable bonds is 9. The summed E-state index contributed by atoms with van der Waals surface area (Å²) in [7, 11) is 0. The minimum atomic E-state index is -1.56. The van der Waals surface area contributed by atoms with Crippen LogP contribution in [0.15, 0.2) is 0 Å². The minimum Gasteiger partial charge on any atom is -0.375 e. The molecule has 0 aromatic carbocycles. The second-order valence-corrected chi connectivity index (χ2v) is 10.7. The molecule has 3 saturated carbocycles. The topological polar surface area (TPSA) is 18.5 Å². The van der Waals surface area contributed by atoms with Crippen molar-refractivity contribution < 1.29 is 18.3 Å². The third-order valence-corrected chi connectivity index (χ3v) is 8.35. The number of halogens is 2. The van der Waals surface area contributed by atoms with Crippen molar-refractivity contribution in [2.45, 2.75) is 122 Å². The monoisotopic (exact) mass is 428 g/mol. The molecule has 5 atom stereocenters. The first-order valence-corrected chi connectivity index (χ1v) is 13.0. The van der Waals surface area contributed by atoms with Crippen LogP contribution in [0.25, 0.3) is 0 Å². The Labute approximate surface area is 183 Å². The van der Waals surface area contributed by atoms with Gasteiger partial charge < -0.3 is 9.47 Å². The van der Waals surface area contributed by atoms with Crippen molar-refractivity contribution in [3.05, 3.63) is 0 Å². The maximum Gasteiger partial charge on any atom is 0.160 e. The maximum absolute atomic E-state index is 14.7. The summed E-state index contributed by atoms with van der Waals surface area (Å²) in [6.07, 6.45) is 10.5. The first-order chi connectivity index (χ1) is 14.5. The van der Waals surface area contributed by atoms with Crippen LogP contribution in [-0.4, -0.2) is 37.8 Å². The largest absolute Gasteiger partial charge is 0.375 e. The molecule has 3 aliphatic rings. The fourth-order valence-corrected chi connectivity index (χ4v) is 6.45. The van der Waals surface area contributed by atoms with E-state index in [1.165, 1.54) is 64.2 Å². The average Bonchev–Trinajstić information content (AvgIpc) is 2.76. The van der Waals surface area contributed by atoms with Crippen molar-refractivity contribution in [2.75, 3.05) is 13.2 Å². The molecule has 2 nitrogen and oxygen atoms in total. The van der Waals surface area contributed by atoms with Crippen molar-refractivity contribution in [3.8, 4) is 0 Å². The van der Waals surface area contributed by atoms with E-state index in [1.54, 1.807) is 0 Å². The smallest absolute Gasteiger partial charge is 0.160 e. The van der Waals surface area contributed by atoms with Crippen LogP contribution in [0.2, 0.25) is 0 Å². The first kappa shape index (κ1) is 24.4. The number of alkyl halides is 2. The van der Waals surface area contributed by atoms with Gasteiger partial charge in [0.15, 0.2) is 12.3 Å². The van der Waals surface area contributed by atoms with Gasteiger partial charge in [0, 0.05) is 13.2 Å². The van der Waals surface area contributed by atoms with E-state index in [0.717, 1.165) is 24.2 Å². The highest BCUT2D eigenvalue weighted by molar-refractivity contribution is 4.94. The number of ether oxygens (including phenoxy) is 2. The molecular weight excluding hydrogens is 382 g/mol. The van der Waals surface area contributed by atoms with E-state index in [0.29, 0.717) is 25.6 Å². The zero-order valence-corrected chi connectivity index (χ0v) is 19.7. The normalized spacial score (nSPS) is 42.9. The summed E-state index contributed by atoms with van der Waals surface area (Å²) in [5, 5.41) is 0. The molecule has 0 heterocycles. The third kappa shape index (κ3) is 6.40. The first-order valence-electron chi connectivity index (χ1n) is 13.0. The molecule has 0 saturated heterocycles. The predicted molar refractivity (Wildman–Crippen MR) is 119 cm³/mol. The van der Waals surface area contributed by atoms with Crippen molar-refractivity contribution in [3.63, 3.8) is 0 Å². The Kier molecular flexibility index (Phi) is 9.88. The number of hydrogen-bond donors (Lipinski definition) is 0. The molecule has 0 aliphatic heterocycles. The van der Waals surface area contributed by atoms with Crippen molar-refractivity contribution in [1.82, 2.24) is 0 Å². The van der Waals surface area contributed by atoms with E-state index in [9.17, 15) is 8.78 Å². The van der Waals surface area contributed by atoms with Crippen LogP contribution in [0, 0.1) is 29.6 Å². The second-order valence-electron chi connectivity index (χ2n) is 10.7. The Morgan fingerprint density at radius 2 is 1.33 bits per heavy atom. The summed E-state index contributed by atoms with van der Waals surface area (Å²) in [5.41, 5.74) is 0. The van der Waals surface area contributed by atoms with Gasteiger partial charge in [-0.15, -0.1) is 0 Å². The predicted octanol–water partition coefficient (Wildman–Crippen LogP) is 7.30. The van der Waals surface area contributed by atoms with Gasteiger partial charge in [0.2, 0.25) is 0 Å². The zero-order chi connectivity index (χ0) is 21.5. The lowest BCUT2D eigenvalue weighted by molar-refractivity contribution is -0.145. The van der Waals surface area contributed by atoms with E-state index in [1.807, 2.05) is 13.8 Å². The Morgan fingerprint density at radius 3 is 1.90 bits per heavy atom. The molecule has 0 aromatic rings. The highest BCUT2D eigenvalue weighted by Gasteiger charge is 2.45. The van der Waals surface area contributed by atoms with Crippen LogP contribution in [0.1, 0.15) is 97.8 Å². The fraction of sp³-hybridized carbons (Fsp3) is 1.00. The van der Waals surface area contributed by atoms with Gasteiger partial charge in [-0.1, -0.05) is 46.5 Å². The molecule has 0 spiro atoms. The summed E-state index contributed by atoms with van der Waals surface area (Å²) in [4.78, 5) is 0. The molecule has 30 heavy (non-hydrogen) atoms. The van der Waals surface area contributed by atoms with E-state index >= 15 is 0 Å². The van der Waals surface area contributed by atoms with Crippen LogP contribution in [0.5, 0.6) is 0 Å². The van der Waals surface area contributed by atoms with E-state index in [2.05, 4.69) is 6.92 Å². The molecule has 3 fully saturated rings. The van der Waals surface area contributed by atoms with Crippen LogP contribution in [-0.2, 0) is 9.47 Å². The van der Waals surface area contributed by atoms with Gasteiger partial charge in [0.05, 0.1) is 12.2 Å². The standard InChI is InChI=1S/C26H46F2O2/c1-4-6-19-7-11-21(12-8-19)22-13-9-20(10-14-22)17-30-26-18(3)16-23(29-15-5-2)24(27)25(26)28/h18-26H,4-17H2,1-3H3. The Hall–Kier alpha value is -0.220. The summed E-state index contributed by atoms with van der Waals surface area (Å²) in [6.45, 7) is 7.38. The SMILES string of the molecule is CCCOC1CC(C)C(OCC2CCC(C3CCC(CCC)CC3)CC2)C(F)C1F. The van der Waals surface area contributed by atoms with Crippen molar-refractivity contribution in [1.29, 1.82) is 0 Å².